The Morgan fingerprint density at radius 1 is 1.14 bits per heavy atom. The third-order valence-corrected chi connectivity index (χ3v) is 3.54. The number of hydrogen-bond donors (Lipinski definition) is 1. The van der Waals surface area contributed by atoms with Crippen LogP contribution < -0.4 is 10.9 Å². The van der Waals surface area contributed by atoms with Crippen molar-refractivity contribution in [3.8, 4) is 6.07 Å². The van der Waals surface area contributed by atoms with E-state index in [4.69, 9.17) is 22.7 Å². The molecule has 0 aliphatic carbocycles. The summed E-state index contributed by atoms with van der Waals surface area (Å²) in [6, 6.07) is 13.4. The van der Waals surface area contributed by atoms with Crippen molar-refractivity contribution in [2.24, 2.45) is 5.84 Å². The summed E-state index contributed by atoms with van der Waals surface area (Å²) in [5, 5.41) is 11.1. The molecule has 22 heavy (non-hydrogen) atoms. The molecular weight excluding hydrogens is 303 g/mol. The van der Waals surface area contributed by atoms with E-state index in [-0.39, 0.29) is 5.02 Å². The fourth-order valence-corrected chi connectivity index (χ4v) is 2.29. The summed E-state index contributed by atoms with van der Waals surface area (Å²) in [7, 11) is 0. The maximum Gasteiger partial charge on any atom is 0.141 e. The van der Waals surface area contributed by atoms with Crippen molar-refractivity contribution < 1.29 is 4.39 Å². The summed E-state index contributed by atoms with van der Waals surface area (Å²) in [4.78, 5) is 4.20. The van der Waals surface area contributed by atoms with Crippen LogP contribution in [0.25, 0.3) is 10.9 Å². The molecule has 0 bridgehead atoms. The van der Waals surface area contributed by atoms with E-state index in [1.54, 1.807) is 24.3 Å². The molecule has 4 nitrogen and oxygen atoms in total. The molecule has 0 fully saturated rings. The number of nitrogens with zero attached hydrogens (tertiary/aromatic N) is 3. The zero-order valence-electron chi connectivity index (χ0n) is 11.3. The Bertz CT molecular complexity index is 904. The van der Waals surface area contributed by atoms with Crippen LogP contribution in [0.1, 0.15) is 5.56 Å². The molecule has 6 heteroatoms. The Morgan fingerprint density at radius 3 is 2.59 bits per heavy atom. The van der Waals surface area contributed by atoms with Crippen molar-refractivity contribution in [1.29, 1.82) is 5.26 Å². The van der Waals surface area contributed by atoms with Gasteiger partial charge in [0.05, 0.1) is 27.5 Å². The maximum absolute atomic E-state index is 13.2. The highest BCUT2D eigenvalue weighted by molar-refractivity contribution is 6.31. The lowest BCUT2D eigenvalue weighted by Crippen LogP contribution is -2.24. The van der Waals surface area contributed by atoms with Gasteiger partial charge < -0.3 is 0 Å². The third-order valence-electron chi connectivity index (χ3n) is 3.25. The lowest BCUT2D eigenvalue weighted by atomic mass is 10.1. The summed E-state index contributed by atoms with van der Waals surface area (Å²) in [5.41, 5.74) is 2.45. The quantitative estimate of drug-likeness (QED) is 0.575. The Kier molecular flexibility index (Phi) is 3.63. The van der Waals surface area contributed by atoms with Gasteiger partial charge in [-0.1, -0.05) is 11.6 Å². The molecule has 3 aromatic rings. The molecule has 0 atom stereocenters. The smallest absolute Gasteiger partial charge is 0.141 e. The molecule has 0 spiro atoms. The number of pyridine rings is 1. The normalized spacial score (nSPS) is 10.5. The predicted molar refractivity (Wildman–Crippen MR) is 84.2 cm³/mol. The number of fused-ring (bicyclic) bond motifs is 1. The van der Waals surface area contributed by atoms with E-state index in [2.05, 4.69) is 4.98 Å². The van der Waals surface area contributed by atoms with E-state index in [1.807, 2.05) is 6.07 Å². The van der Waals surface area contributed by atoms with Crippen LogP contribution in [0, 0.1) is 17.1 Å². The van der Waals surface area contributed by atoms with Crippen LogP contribution in [0.4, 0.5) is 15.8 Å². The van der Waals surface area contributed by atoms with Crippen LogP contribution in [0.3, 0.4) is 0 Å². The van der Waals surface area contributed by atoms with Gasteiger partial charge >= 0.3 is 0 Å². The highest BCUT2D eigenvalue weighted by Crippen LogP contribution is 2.28. The van der Waals surface area contributed by atoms with Gasteiger partial charge in [0, 0.05) is 11.6 Å². The first-order valence-corrected chi connectivity index (χ1v) is 6.76. The molecule has 0 aliphatic rings. The van der Waals surface area contributed by atoms with Gasteiger partial charge in [-0.25, -0.2) is 10.2 Å². The molecule has 0 radical (unpaired) electrons. The fraction of sp³-hybridized carbons (Fsp3) is 0. The molecule has 108 valence electrons. The second-order valence-electron chi connectivity index (χ2n) is 4.68. The number of rotatable bonds is 2. The number of nitrogens with two attached hydrogens (primary N) is 1. The van der Waals surface area contributed by atoms with Gasteiger partial charge in [0.2, 0.25) is 0 Å². The SMILES string of the molecule is N#Cc1cnc2ccc(N(N)c3ccc(F)c(Cl)c3)cc2c1. The van der Waals surface area contributed by atoms with Gasteiger partial charge in [0.15, 0.2) is 0 Å². The molecule has 0 saturated carbocycles. The highest BCUT2D eigenvalue weighted by Gasteiger charge is 2.09. The minimum atomic E-state index is -0.500. The average Bonchev–Trinajstić information content (AvgIpc) is 2.55. The van der Waals surface area contributed by atoms with Crippen molar-refractivity contribution >= 4 is 33.9 Å². The second-order valence-corrected chi connectivity index (χ2v) is 5.09. The first-order valence-electron chi connectivity index (χ1n) is 6.38. The molecule has 0 aliphatic heterocycles. The van der Waals surface area contributed by atoms with E-state index in [9.17, 15) is 4.39 Å². The second kappa shape index (κ2) is 5.60. The van der Waals surface area contributed by atoms with Crippen molar-refractivity contribution in [3.05, 3.63) is 65.1 Å². The van der Waals surface area contributed by atoms with Gasteiger partial charge in [-0.05, 0) is 42.5 Å². The number of benzene rings is 2. The van der Waals surface area contributed by atoms with Crippen LogP contribution in [-0.4, -0.2) is 4.98 Å². The number of hydrazine groups is 1. The zero-order valence-corrected chi connectivity index (χ0v) is 12.0. The van der Waals surface area contributed by atoms with E-state index in [1.165, 1.54) is 29.4 Å². The summed E-state index contributed by atoms with van der Waals surface area (Å²) in [6.45, 7) is 0. The first kappa shape index (κ1) is 14.3. The molecule has 1 aromatic heterocycles. The minimum absolute atomic E-state index is 0.00201. The lowest BCUT2D eigenvalue weighted by molar-refractivity contribution is 0.628. The molecule has 0 unspecified atom stereocenters. The first-order chi connectivity index (χ1) is 10.6. The van der Waals surface area contributed by atoms with E-state index in [0.29, 0.717) is 16.9 Å². The Labute approximate surface area is 131 Å². The minimum Gasteiger partial charge on any atom is -0.280 e. The molecule has 1 heterocycles. The van der Waals surface area contributed by atoms with Gasteiger partial charge in [-0.3, -0.25) is 9.99 Å². The summed E-state index contributed by atoms with van der Waals surface area (Å²) in [6.07, 6.45) is 1.52. The Hall–Kier alpha value is -2.68. The van der Waals surface area contributed by atoms with Crippen LogP contribution in [0.15, 0.2) is 48.7 Å². The van der Waals surface area contributed by atoms with Crippen LogP contribution in [0.2, 0.25) is 5.02 Å². The number of nitriles is 1. The highest BCUT2D eigenvalue weighted by atomic mass is 35.5. The van der Waals surface area contributed by atoms with Crippen molar-refractivity contribution in [2.45, 2.75) is 0 Å². The summed E-state index contributed by atoms with van der Waals surface area (Å²) >= 11 is 5.78. The van der Waals surface area contributed by atoms with Gasteiger partial charge in [-0.15, -0.1) is 0 Å². The molecular formula is C16H10ClFN4. The number of hydrogen-bond acceptors (Lipinski definition) is 4. The monoisotopic (exact) mass is 312 g/mol. The van der Waals surface area contributed by atoms with E-state index >= 15 is 0 Å². The molecule has 0 saturated heterocycles. The largest absolute Gasteiger partial charge is 0.280 e. The molecule has 3 rings (SSSR count). The van der Waals surface area contributed by atoms with Gasteiger partial charge in [-0.2, -0.15) is 5.26 Å². The van der Waals surface area contributed by atoms with E-state index < -0.39 is 5.82 Å². The number of anilines is 2. The summed E-state index contributed by atoms with van der Waals surface area (Å²) < 4.78 is 13.2. The van der Waals surface area contributed by atoms with Crippen molar-refractivity contribution in [1.82, 2.24) is 4.98 Å². The number of aromatic nitrogens is 1. The Balaban J connectivity index is 2.05. The van der Waals surface area contributed by atoms with Crippen LogP contribution in [-0.2, 0) is 0 Å². The zero-order chi connectivity index (χ0) is 15.7. The predicted octanol–water partition coefficient (Wildman–Crippen LogP) is 3.91. The standard InChI is InChI=1S/C16H10ClFN4/c17-14-7-13(1-3-15(14)18)22(20)12-2-4-16-11(6-12)5-10(8-19)9-21-16/h1-7,9H,20H2. The molecule has 2 N–H and O–H groups in total. The topological polar surface area (TPSA) is 65.9 Å². The maximum atomic E-state index is 13.2. The fourth-order valence-electron chi connectivity index (χ4n) is 2.11. The van der Waals surface area contributed by atoms with Gasteiger partial charge in [0.1, 0.15) is 11.9 Å². The molecule has 0 amide bonds. The van der Waals surface area contributed by atoms with Crippen LogP contribution in [0.5, 0.6) is 0 Å². The van der Waals surface area contributed by atoms with Gasteiger partial charge in [0.25, 0.3) is 0 Å². The Morgan fingerprint density at radius 2 is 1.86 bits per heavy atom. The average molecular weight is 313 g/mol. The van der Waals surface area contributed by atoms with Crippen molar-refractivity contribution in [3.63, 3.8) is 0 Å². The molecule has 2 aromatic carbocycles. The van der Waals surface area contributed by atoms with Crippen LogP contribution >= 0.6 is 11.6 Å². The number of halogens is 2. The summed E-state index contributed by atoms with van der Waals surface area (Å²) in [5.74, 6) is 5.56. The van der Waals surface area contributed by atoms with Crippen molar-refractivity contribution in [2.75, 3.05) is 5.01 Å². The third kappa shape index (κ3) is 2.58. The lowest BCUT2D eigenvalue weighted by Gasteiger charge is -2.19. The van der Waals surface area contributed by atoms with E-state index in [0.717, 1.165) is 10.9 Å².